The zero-order valence-corrected chi connectivity index (χ0v) is 9.66. The monoisotopic (exact) mass is 237 g/mol. The molecule has 1 amide bonds. The summed E-state index contributed by atoms with van der Waals surface area (Å²) in [6.45, 7) is 2.03. The van der Waals surface area contributed by atoms with Gasteiger partial charge in [-0.05, 0) is 18.6 Å². The van der Waals surface area contributed by atoms with Crippen LogP contribution in [-0.2, 0) is 6.42 Å². The van der Waals surface area contributed by atoms with Crippen molar-refractivity contribution in [1.82, 2.24) is 9.38 Å². The van der Waals surface area contributed by atoms with Crippen LogP contribution >= 0.6 is 11.6 Å². The first-order chi connectivity index (χ1) is 7.63. The van der Waals surface area contributed by atoms with E-state index < -0.39 is 5.91 Å². The molecule has 0 radical (unpaired) electrons. The molecule has 0 saturated heterocycles. The van der Waals surface area contributed by atoms with Gasteiger partial charge < -0.3 is 5.73 Å². The molecule has 2 N–H and O–H groups in total. The summed E-state index contributed by atoms with van der Waals surface area (Å²) in [5, 5.41) is 0.551. The van der Waals surface area contributed by atoms with E-state index in [0.717, 1.165) is 18.5 Å². The Kier molecular flexibility index (Phi) is 2.83. The second-order valence-corrected chi connectivity index (χ2v) is 4.03. The lowest BCUT2D eigenvalue weighted by atomic mass is 10.2. The summed E-state index contributed by atoms with van der Waals surface area (Å²) in [5.74, 6) is -0.474. The number of amides is 1. The van der Waals surface area contributed by atoms with Gasteiger partial charge in [0.2, 0.25) is 0 Å². The first-order valence-electron chi connectivity index (χ1n) is 5.09. The number of aromatic nitrogens is 2. The lowest BCUT2D eigenvalue weighted by molar-refractivity contribution is 0.0994. The van der Waals surface area contributed by atoms with E-state index in [1.807, 2.05) is 6.92 Å². The van der Waals surface area contributed by atoms with Gasteiger partial charge in [-0.25, -0.2) is 4.98 Å². The first kappa shape index (κ1) is 11.0. The van der Waals surface area contributed by atoms with E-state index in [1.54, 1.807) is 22.7 Å². The molecule has 16 heavy (non-hydrogen) atoms. The predicted octanol–water partition coefficient (Wildman–Crippen LogP) is 2.04. The molecule has 0 atom stereocenters. The van der Waals surface area contributed by atoms with E-state index in [9.17, 15) is 4.79 Å². The second-order valence-electron chi connectivity index (χ2n) is 3.60. The molecule has 5 heteroatoms. The summed E-state index contributed by atoms with van der Waals surface area (Å²) < 4.78 is 1.65. The molecule has 2 aromatic rings. The summed E-state index contributed by atoms with van der Waals surface area (Å²) >= 11 is 5.88. The number of nitrogens with zero attached hydrogens (tertiary/aromatic N) is 2. The van der Waals surface area contributed by atoms with Gasteiger partial charge in [-0.1, -0.05) is 24.9 Å². The van der Waals surface area contributed by atoms with Crippen molar-refractivity contribution < 1.29 is 4.79 Å². The van der Waals surface area contributed by atoms with E-state index in [4.69, 9.17) is 17.3 Å². The molecule has 0 aliphatic rings. The third kappa shape index (κ3) is 1.76. The number of carbonyl (C=O) groups excluding carboxylic acids is 1. The molecule has 0 unspecified atom stereocenters. The standard InChI is InChI=1S/C11H12ClN3O/c1-2-3-8-10(11(13)16)15-6-7(12)4-5-9(15)14-8/h4-6H,2-3H2,1H3,(H2,13,16). The number of carbonyl (C=O) groups is 1. The lowest BCUT2D eigenvalue weighted by Gasteiger charge is -1.99. The average molecular weight is 238 g/mol. The molecule has 2 rings (SSSR count). The van der Waals surface area contributed by atoms with Gasteiger partial charge in [0.25, 0.3) is 5.91 Å². The Balaban J connectivity index is 2.72. The number of imidazole rings is 1. The largest absolute Gasteiger partial charge is 0.364 e. The predicted molar refractivity (Wildman–Crippen MR) is 62.7 cm³/mol. The smallest absolute Gasteiger partial charge is 0.267 e. The van der Waals surface area contributed by atoms with E-state index in [2.05, 4.69) is 4.98 Å². The van der Waals surface area contributed by atoms with Crippen molar-refractivity contribution in [1.29, 1.82) is 0 Å². The molecular weight excluding hydrogens is 226 g/mol. The van der Waals surface area contributed by atoms with Crippen molar-refractivity contribution in [2.45, 2.75) is 19.8 Å². The van der Waals surface area contributed by atoms with Crippen LogP contribution in [0, 0.1) is 0 Å². The minimum Gasteiger partial charge on any atom is -0.364 e. The minimum absolute atomic E-state index is 0.430. The fraction of sp³-hybridized carbons (Fsp3) is 0.273. The topological polar surface area (TPSA) is 60.4 Å². The van der Waals surface area contributed by atoms with Crippen molar-refractivity contribution in [3.63, 3.8) is 0 Å². The number of rotatable bonds is 3. The van der Waals surface area contributed by atoms with Crippen LogP contribution in [0.15, 0.2) is 18.3 Å². The van der Waals surface area contributed by atoms with Gasteiger partial charge in [-0.15, -0.1) is 0 Å². The Morgan fingerprint density at radius 1 is 1.56 bits per heavy atom. The maximum absolute atomic E-state index is 11.4. The highest BCUT2D eigenvalue weighted by atomic mass is 35.5. The molecule has 0 bridgehead atoms. The number of hydrogen-bond donors (Lipinski definition) is 1. The molecule has 0 spiro atoms. The maximum Gasteiger partial charge on any atom is 0.267 e. The van der Waals surface area contributed by atoms with Gasteiger partial charge in [0.1, 0.15) is 11.3 Å². The summed E-state index contributed by atoms with van der Waals surface area (Å²) in [6.07, 6.45) is 3.30. The molecular formula is C11H12ClN3O. The summed E-state index contributed by atoms with van der Waals surface area (Å²) in [7, 11) is 0. The van der Waals surface area contributed by atoms with Gasteiger partial charge in [0.05, 0.1) is 10.7 Å². The van der Waals surface area contributed by atoms with Crippen molar-refractivity contribution in [2.75, 3.05) is 0 Å². The lowest BCUT2D eigenvalue weighted by Crippen LogP contribution is -2.16. The number of nitrogens with two attached hydrogens (primary N) is 1. The van der Waals surface area contributed by atoms with Gasteiger partial charge >= 0.3 is 0 Å². The molecule has 0 aliphatic carbocycles. The van der Waals surface area contributed by atoms with Crippen LogP contribution in [0.3, 0.4) is 0 Å². The van der Waals surface area contributed by atoms with Crippen LogP contribution in [0.2, 0.25) is 5.02 Å². The quantitative estimate of drug-likeness (QED) is 0.888. The van der Waals surface area contributed by atoms with Gasteiger partial charge in [-0.2, -0.15) is 0 Å². The van der Waals surface area contributed by atoms with Crippen LogP contribution in [0.1, 0.15) is 29.5 Å². The fourth-order valence-corrected chi connectivity index (χ4v) is 1.90. The number of pyridine rings is 1. The van der Waals surface area contributed by atoms with E-state index in [1.165, 1.54) is 0 Å². The van der Waals surface area contributed by atoms with Gasteiger partial charge in [0, 0.05) is 6.20 Å². The molecule has 84 valence electrons. The molecule has 0 aliphatic heterocycles. The van der Waals surface area contributed by atoms with Crippen LogP contribution in [0.25, 0.3) is 5.65 Å². The molecule has 2 heterocycles. The SMILES string of the molecule is CCCc1nc2ccc(Cl)cn2c1C(N)=O. The summed E-state index contributed by atoms with van der Waals surface area (Å²) in [6, 6.07) is 3.51. The summed E-state index contributed by atoms with van der Waals surface area (Å²) in [4.78, 5) is 15.8. The van der Waals surface area contributed by atoms with Crippen molar-refractivity contribution in [2.24, 2.45) is 5.73 Å². The Morgan fingerprint density at radius 2 is 2.31 bits per heavy atom. The molecule has 2 aromatic heterocycles. The van der Waals surface area contributed by atoms with Gasteiger partial charge in [-0.3, -0.25) is 9.20 Å². The highest BCUT2D eigenvalue weighted by Gasteiger charge is 2.15. The number of primary amides is 1. The zero-order chi connectivity index (χ0) is 11.7. The molecule has 0 fully saturated rings. The number of hydrogen-bond acceptors (Lipinski definition) is 2. The Bertz CT molecular complexity index is 547. The normalized spacial score (nSPS) is 10.9. The van der Waals surface area contributed by atoms with Crippen LogP contribution in [0.5, 0.6) is 0 Å². The molecule has 0 saturated carbocycles. The second kappa shape index (κ2) is 4.14. The summed E-state index contributed by atoms with van der Waals surface area (Å²) in [5.41, 5.74) is 7.22. The fourth-order valence-electron chi connectivity index (χ4n) is 1.74. The van der Waals surface area contributed by atoms with Crippen LogP contribution in [-0.4, -0.2) is 15.3 Å². The maximum atomic E-state index is 11.4. The van der Waals surface area contributed by atoms with Crippen LogP contribution in [0.4, 0.5) is 0 Å². The number of halogens is 1. The molecule has 0 aromatic carbocycles. The average Bonchev–Trinajstić information content (AvgIpc) is 2.55. The molecule has 4 nitrogen and oxygen atoms in total. The Hall–Kier alpha value is -1.55. The number of fused-ring (bicyclic) bond motifs is 1. The van der Waals surface area contributed by atoms with E-state index >= 15 is 0 Å². The van der Waals surface area contributed by atoms with Crippen molar-refractivity contribution in [3.05, 3.63) is 34.7 Å². The zero-order valence-electron chi connectivity index (χ0n) is 8.90. The Morgan fingerprint density at radius 3 is 2.94 bits per heavy atom. The minimum atomic E-state index is -0.474. The van der Waals surface area contributed by atoms with E-state index in [0.29, 0.717) is 16.4 Å². The highest BCUT2D eigenvalue weighted by molar-refractivity contribution is 6.30. The first-order valence-corrected chi connectivity index (χ1v) is 5.47. The third-order valence-electron chi connectivity index (χ3n) is 2.37. The van der Waals surface area contributed by atoms with Crippen molar-refractivity contribution >= 4 is 23.2 Å². The Labute approximate surface area is 98.0 Å². The van der Waals surface area contributed by atoms with Crippen molar-refractivity contribution in [3.8, 4) is 0 Å². The number of aryl methyl sites for hydroxylation is 1. The highest BCUT2D eigenvalue weighted by Crippen LogP contribution is 2.17. The van der Waals surface area contributed by atoms with Crippen LogP contribution < -0.4 is 5.73 Å². The third-order valence-corrected chi connectivity index (χ3v) is 2.60. The van der Waals surface area contributed by atoms with E-state index in [-0.39, 0.29) is 0 Å². The van der Waals surface area contributed by atoms with Gasteiger partial charge in [0.15, 0.2) is 0 Å².